The molecule has 8 heteroatoms. The fourth-order valence-electron chi connectivity index (χ4n) is 2.92. The molecule has 1 unspecified atom stereocenters. The van der Waals surface area contributed by atoms with Gasteiger partial charge in [0.15, 0.2) is 12.4 Å². The third-order valence-electron chi connectivity index (χ3n) is 4.59. The molecule has 1 N–H and O–H groups in total. The largest absolute Gasteiger partial charge is 0.452 e. The Morgan fingerprint density at radius 2 is 1.81 bits per heavy atom. The highest BCUT2D eigenvalue weighted by Crippen LogP contribution is 2.24. The highest BCUT2D eigenvalue weighted by Gasteiger charge is 2.19. The maximum Gasteiger partial charge on any atom is 0.338 e. The second-order valence-electron chi connectivity index (χ2n) is 7.17. The molecular weight excluding hydrogens is 444 g/mol. The number of hydrogen-bond donors (Lipinski definition) is 1. The summed E-state index contributed by atoms with van der Waals surface area (Å²) in [7, 11) is 0. The van der Waals surface area contributed by atoms with E-state index in [9.17, 15) is 14.4 Å². The number of ether oxygens (including phenoxy) is 1. The first-order chi connectivity index (χ1) is 15.4. The van der Waals surface area contributed by atoms with Crippen LogP contribution in [0.25, 0.3) is 0 Å². The standard InChI is InChI=1S/C24H24N2O4S2/c1-16(27)22(12-18-6-4-3-5-7-18)26-23(28)13-30-24(29)19-8-10-21(11-9-19)32-15-20-14-31-17(2)25-20/h3-11,14,22H,12-13,15H2,1-2H3,(H,26,28). The van der Waals surface area contributed by atoms with Gasteiger partial charge in [0.05, 0.1) is 22.3 Å². The summed E-state index contributed by atoms with van der Waals surface area (Å²) < 4.78 is 5.11. The number of amides is 1. The Labute approximate surface area is 195 Å². The molecule has 6 nitrogen and oxygen atoms in total. The minimum absolute atomic E-state index is 0.158. The van der Waals surface area contributed by atoms with Crippen molar-refractivity contribution in [3.05, 3.63) is 81.8 Å². The van der Waals surface area contributed by atoms with Crippen molar-refractivity contribution >= 4 is 40.8 Å². The van der Waals surface area contributed by atoms with Crippen LogP contribution in [0.15, 0.2) is 64.9 Å². The highest BCUT2D eigenvalue weighted by molar-refractivity contribution is 7.98. The average molecular weight is 469 g/mol. The van der Waals surface area contributed by atoms with Crippen LogP contribution in [0.1, 0.15) is 33.5 Å². The number of aromatic nitrogens is 1. The van der Waals surface area contributed by atoms with Crippen molar-refractivity contribution in [1.82, 2.24) is 10.3 Å². The lowest BCUT2D eigenvalue weighted by Crippen LogP contribution is -2.43. The number of hydrogen-bond acceptors (Lipinski definition) is 7. The lowest BCUT2D eigenvalue weighted by Gasteiger charge is -2.16. The van der Waals surface area contributed by atoms with Gasteiger partial charge >= 0.3 is 5.97 Å². The Balaban J connectivity index is 1.46. The van der Waals surface area contributed by atoms with E-state index in [4.69, 9.17) is 4.74 Å². The predicted octanol–water partition coefficient (Wildman–Crippen LogP) is 4.22. The SMILES string of the molecule is CC(=O)C(Cc1ccccc1)NC(=O)COC(=O)c1ccc(SCc2csc(C)n2)cc1. The Hall–Kier alpha value is -2.97. The number of Topliss-reactive ketones (excluding diaryl/α,β-unsaturated/α-hetero) is 1. The van der Waals surface area contributed by atoms with Crippen LogP contribution in [0.2, 0.25) is 0 Å². The number of nitrogens with zero attached hydrogens (tertiary/aromatic N) is 1. The number of thioether (sulfide) groups is 1. The molecule has 0 saturated carbocycles. The molecule has 32 heavy (non-hydrogen) atoms. The van der Waals surface area contributed by atoms with Crippen LogP contribution in [0.4, 0.5) is 0 Å². The van der Waals surface area contributed by atoms with Crippen molar-refractivity contribution < 1.29 is 19.1 Å². The lowest BCUT2D eigenvalue weighted by atomic mass is 10.0. The second-order valence-corrected chi connectivity index (χ2v) is 9.28. The number of ketones is 1. The Bertz CT molecular complexity index is 1070. The molecule has 0 saturated heterocycles. The van der Waals surface area contributed by atoms with Gasteiger partial charge in [0.1, 0.15) is 0 Å². The molecule has 0 aliphatic carbocycles. The minimum Gasteiger partial charge on any atom is -0.452 e. The van der Waals surface area contributed by atoms with E-state index >= 15 is 0 Å². The van der Waals surface area contributed by atoms with E-state index in [1.165, 1.54) is 6.92 Å². The number of nitrogens with one attached hydrogen (secondary N) is 1. The van der Waals surface area contributed by atoms with E-state index in [-0.39, 0.29) is 5.78 Å². The van der Waals surface area contributed by atoms with Crippen LogP contribution in [0.5, 0.6) is 0 Å². The van der Waals surface area contributed by atoms with Gasteiger partial charge in [-0.25, -0.2) is 9.78 Å². The number of esters is 1. The van der Waals surface area contributed by atoms with Gasteiger partial charge in [-0.2, -0.15) is 0 Å². The second kappa shape index (κ2) is 11.6. The smallest absolute Gasteiger partial charge is 0.338 e. The van der Waals surface area contributed by atoms with Crippen molar-refractivity contribution in [2.24, 2.45) is 0 Å². The Morgan fingerprint density at radius 1 is 1.09 bits per heavy atom. The summed E-state index contributed by atoms with van der Waals surface area (Å²) in [6.45, 7) is 2.95. The van der Waals surface area contributed by atoms with Gasteiger partial charge in [-0.15, -0.1) is 23.1 Å². The fourth-order valence-corrected chi connectivity index (χ4v) is 4.42. The van der Waals surface area contributed by atoms with Crippen LogP contribution >= 0.6 is 23.1 Å². The van der Waals surface area contributed by atoms with E-state index in [2.05, 4.69) is 10.3 Å². The summed E-state index contributed by atoms with van der Waals surface area (Å²) in [5, 5.41) is 5.72. The molecule has 0 radical (unpaired) electrons. The maximum atomic E-state index is 12.3. The van der Waals surface area contributed by atoms with E-state index < -0.39 is 24.5 Å². The van der Waals surface area contributed by atoms with Crippen LogP contribution in [-0.2, 0) is 26.5 Å². The Kier molecular flexibility index (Phi) is 8.58. The first-order valence-corrected chi connectivity index (χ1v) is 11.9. The molecule has 0 aliphatic heterocycles. The van der Waals surface area contributed by atoms with Gasteiger partial charge in [-0.1, -0.05) is 30.3 Å². The molecule has 1 heterocycles. The number of aryl methyl sites for hydroxylation is 1. The molecule has 3 aromatic rings. The zero-order chi connectivity index (χ0) is 22.9. The maximum absolute atomic E-state index is 12.3. The molecule has 0 spiro atoms. The first-order valence-electron chi connectivity index (χ1n) is 10.1. The van der Waals surface area contributed by atoms with Crippen LogP contribution in [-0.4, -0.2) is 35.3 Å². The molecule has 1 aromatic heterocycles. The van der Waals surface area contributed by atoms with Crippen LogP contribution in [0, 0.1) is 6.92 Å². The van der Waals surface area contributed by atoms with E-state index in [1.807, 2.05) is 54.8 Å². The van der Waals surface area contributed by atoms with Crippen molar-refractivity contribution in [1.29, 1.82) is 0 Å². The van der Waals surface area contributed by atoms with E-state index in [0.29, 0.717) is 12.0 Å². The van der Waals surface area contributed by atoms with Crippen LogP contribution in [0.3, 0.4) is 0 Å². The summed E-state index contributed by atoms with van der Waals surface area (Å²) in [6.07, 6.45) is 0.384. The highest BCUT2D eigenvalue weighted by atomic mass is 32.2. The van der Waals surface area contributed by atoms with Crippen LogP contribution < -0.4 is 5.32 Å². The first kappa shape index (κ1) is 23.7. The third kappa shape index (κ3) is 7.32. The third-order valence-corrected chi connectivity index (χ3v) is 6.45. The average Bonchev–Trinajstić information content (AvgIpc) is 3.21. The summed E-state index contributed by atoms with van der Waals surface area (Å²) in [5.41, 5.74) is 2.33. The van der Waals surface area contributed by atoms with Crippen molar-refractivity contribution in [2.75, 3.05) is 6.61 Å². The monoisotopic (exact) mass is 468 g/mol. The lowest BCUT2D eigenvalue weighted by molar-refractivity contribution is -0.128. The van der Waals surface area contributed by atoms with Crippen molar-refractivity contribution in [2.45, 2.75) is 37.0 Å². The Morgan fingerprint density at radius 3 is 2.44 bits per heavy atom. The molecule has 166 valence electrons. The van der Waals surface area contributed by atoms with Crippen molar-refractivity contribution in [3.63, 3.8) is 0 Å². The van der Waals surface area contributed by atoms with E-state index in [0.717, 1.165) is 26.9 Å². The van der Waals surface area contributed by atoms with E-state index in [1.54, 1.807) is 35.2 Å². The molecule has 0 bridgehead atoms. The van der Waals surface area contributed by atoms with Gasteiger partial charge in [0.25, 0.3) is 5.91 Å². The molecule has 1 atom stereocenters. The fraction of sp³-hybridized carbons (Fsp3) is 0.250. The number of carbonyl (C=O) groups is 3. The molecule has 1 amide bonds. The number of thiazole rings is 1. The summed E-state index contributed by atoms with van der Waals surface area (Å²) in [5.74, 6) is -0.502. The zero-order valence-corrected chi connectivity index (χ0v) is 19.5. The number of rotatable bonds is 10. The predicted molar refractivity (Wildman–Crippen MR) is 126 cm³/mol. The molecule has 0 aliphatic rings. The summed E-state index contributed by atoms with van der Waals surface area (Å²) in [6, 6.07) is 15.8. The van der Waals surface area contributed by atoms with Crippen molar-refractivity contribution in [3.8, 4) is 0 Å². The molecule has 0 fully saturated rings. The number of carbonyl (C=O) groups excluding carboxylic acids is 3. The molecular formula is C24H24N2O4S2. The molecule has 3 rings (SSSR count). The summed E-state index contributed by atoms with van der Waals surface area (Å²) in [4.78, 5) is 41.8. The zero-order valence-electron chi connectivity index (χ0n) is 17.9. The normalized spacial score (nSPS) is 11.6. The summed E-state index contributed by atoms with van der Waals surface area (Å²) >= 11 is 3.25. The van der Waals surface area contributed by atoms with Gasteiger partial charge in [-0.05, 0) is 50.1 Å². The van der Waals surface area contributed by atoms with Gasteiger partial charge in [0.2, 0.25) is 0 Å². The molecule has 2 aromatic carbocycles. The van der Waals surface area contributed by atoms with Gasteiger partial charge in [0, 0.05) is 16.0 Å². The minimum atomic E-state index is -0.665. The van der Waals surface area contributed by atoms with Gasteiger partial charge < -0.3 is 10.1 Å². The quantitative estimate of drug-likeness (QED) is 0.354. The topological polar surface area (TPSA) is 85.4 Å². The van der Waals surface area contributed by atoms with Gasteiger partial charge in [-0.3, -0.25) is 9.59 Å². The number of benzene rings is 2.